The molecule has 0 saturated heterocycles. The Kier molecular flexibility index (Phi) is 3.96. The number of fused-ring (bicyclic) bond motifs is 1. The minimum atomic E-state index is -0.502. The van der Waals surface area contributed by atoms with Crippen LogP contribution in [-0.2, 0) is 4.79 Å². The predicted octanol–water partition coefficient (Wildman–Crippen LogP) is 3.34. The average Bonchev–Trinajstić information content (AvgIpc) is 3.10. The molecule has 0 bridgehead atoms. The molecule has 1 aromatic heterocycles. The van der Waals surface area contributed by atoms with Gasteiger partial charge in [0.1, 0.15) is 18.2 Å². The maximum atomic E-state index is 13.4. The van der Waals surface area contributed by atoms with Crippen LogP contribution in [-0.4, -0.2) is 20.7 Å². The second-order valence-corrected chi connectivity index (χ2v) is 5.97. The van der Waals surface area contributed by atoms with E-state index in [-0.39, 0.29) is 11.7 Å². The lowest BCUT2D eigenvalue weighted by molar-refractivity contribution is -0.113. The van der Waals surface area contributed by atoms with Gasteiger partial charge in [0.05, 0.1) is 5.57 Å². The van der Waals surface area contributed by atoms with Crippen LogP contribution in [0.4, 0.5) is 16.0 Å². The lowest BCUT2D eigenvalue weighted by Crippen LogP contribution is -2.31. The van der Waals surface area contributed by atoms with Gasteiger partial charge in [-0.15, -0.1) is 0 Å². The lowest BCUT2D eigenvalue weighted by Gasteiger charge is -2.28. The quantitative estimate of drug-likeness (QED) is 0.761. The van der Waals surface area contributed by atoms with Gasteiger partial charge in [0, 0.05) is 11.4 Å². The highest BCUT2D eigenvalue weighted by atomic mass is 19.1. The number of aromatic nitrogens is 3. The molecule has 7 heteroatoms. The van der Waals surface area contributed by atoms with Crippen LogP contribution in [0.5, 0.6) is 0 Å². The number of carbonyl (C=O) groups is 1. The summed E-state index contributed by atoms with van der Waals surface area (Å²) in [5.74, 6) is -0.0535. The molecule has 0 fully saturated rings. The van der Waals surface area contributed by atoms with Crippen molar-refractivity contribution in [3.63, 3.8) is 0 Å². The number of amides is 1. The number of nitrogens with one attached hydrogen (secondary N) is 2. The number of nitrogens with zero attached hydrogens (tertiary/aromatic N) is 3. The van der Waals surface area contributed by atoms with Gasteiger partial charge in [-0.3, -0.25) is 4.79 Å². The van der Waals surface area contributed by atoms with Gasteiger partial charge in [0.15, 0.2) is 0 Å². The lowest BCUT2D eigenvalue weighted by atomic mass is 9.95. The fourth-order valence-corrected chi connectivity index (χ4v) is 3.06. The molecule has 130 valence electrons. The Labute approximate surface area is 149 Å². The Morgan fingerprint density at radius 2 is 1.88 bits per heavy atom. The van der Waals surface area contributed by atoms with Crippen LogP contribution in [0.2, 0.25) is 0 Å². The fraction of sp³-hybridized carbons (Fsp3) is 0.105. The van der Waals surface area contributed by atoms with E-state index in [9.17, 15) is 9.18 Å². The van der Waals surface area contributed by atoms with Crippen LogP contribution < -0.4 is 10.6 Å². The largest absolute Gasteiger partial charge is 0.328 e. The number of halogens is 1. The molecule has 0 aliphatic carbocycles. The van der Waals surface area contributed by atoms with E-state index in [1.165, 1.54) is 18.5 Å². The minimum absolute atomic E-state index is 0.253. The Hall–Kier alpha value is -3.48. The summed E-state index contributed by atoms with van der Waals surface area (Å²) in [5.41, 5.74) is 2.61. The van der Waals surface area contributed by atoms with E-state index in [1.807, 2.05) is 37.3 Å². The molecule has 0 spiro atoms. The third kappa shape index (κ3) is 2.83. The van der Waals surface area contributed by atoms with Crippen LogP contribution >= 0.6 is 0 Å². The number of allylic oxidation sites excluding steroid dienone is 1. The zero-order valence-electron chi connectivity index (χ0n) is 14.0. The normalized spacial score (nSPS) is 16.0. The molecule has 1 aliphatic heterocycles. The van der Waals surface area contributed by atoms with E-state index < -0.39 is 6.04 Å². The molecular weight excluding hydrogens is 333 g/mol. The molecule has 2 aromatic carbocycles. The van der Waals surface area contributed by atoms with Gasteiger partial charge in [-0.1, -0.05) is 30.3 Å². The molecule has 6 nitrogen and oxygen atoms in total. The van der Waals surface area contributed by atoms with E-state index in [0.717, 1.165) is 5.56 Å². The topological polar surface area (TPSA) is 71.8 Å². The van der Waals surface area contributed by atoms with Crippen molar-refractivity contribution in [1.29, 1.82) is 0 Å². The van der Waals surface area contributed by atoms with Crippen molar-refractivity contribution in [2.75, 3.05) is 10.6 Å². The molecule has 0 saturated carbocycles. The van der Waals surface area contributed by atoms with Gasteiger partial charge >= 0.3 is 0 Å². The van der Waals surface area contributed by atoms with Gasteiger partial charge in [-0.05, 0) is 36.8 Å². The third-order valence-electron chi connectivity index (χ3n) is 4.26. The van der Waals surface area contributed by atoms with Gasteiger partial charge in [-0.25, -0.2) is 9.07 Å². The van der Waals surface area contributed by atoms with Crippen molar-refractivity contribution in [2.45, 2.75) is 13.0 Å². The molecular formula is C19H16FN5O. The van der Waals surface area contributed by atoms with E-state index in [1.54, 1.807) is 16.8 Å². The molecule has 2 N–H and O–H groups in total. The summed E-state index contributed by atoms with van der Waals surface area (Å²) in [7, 11) is 0. The van der Waals surface area contributed by atoms with E-state index in [0.29, 0.717) is 22.9 Å². The second kappa shape index (κ2) is 6.44. The maximum Gasteiger partial charge on any atom is 0.255 e. The van der Waals surface area contributed by atoms with Gasteiger partial charge in [0.25, 0.3) is 5.91 Å². The first kappa shape index (κ1) is 16.0. The van der Waals surface area contributed by atoms with Crippen LogP contribution in [0.1, 0.15) is 18.5 Å². The smallest absolute Gasteiger partial charge is 0.255 e. The molecule has 26 heavy (non-hydrogen) atoms. The SMILES string of the molecule is CC1=C(C(=O)Nc2ccccc2)C(c2ccc(F)cc2)n2ncnc2N1. The van der Waals surface area contributed by atoms with Crippen molar-refractivity contribution in [1.82, 2.24) is 14.8 Å². The third-order valence-corrected chi connectivity index (χ3v) is 4.26. The van der Waals surface area contributed by atoms with E-state index >= 15 is 0 Å². The molecule has 2 heterocycles. The fourth-order valence-electron chi connectivity index (χ4n) is 3.06. The average molecular weight is 349 g/mol. The van der Waals surface area contributed by atoms with Crippen LogP contribution in [0, 0.1) is 5.82 Å². The summed E-state index contributed by atoms with van der Waals surface area (Å²) in [5, 5.41) is 10.3. The summed E-state index contributed by atoms with van der Waals surface area (Å²) in [6, 6.07) is 14.8. The first-order valence-electron chi connectivity index (χ1n) is 8.12. The summed E-state index contributed by atoms with van der Waals surface area (Å²) < 4.78 is 15.0. The maximum absolute atomic E-state index is 13.4. The standard InChI is InChI=1S/C19H16FN5O/c1-12-16(18(26)24-15-5-3-2-4-6-15)17(13-7-9-14(20)10-8-13)25-19(23-12)21-11-22-25/h2-11,17H,1H3,(H,24,26)(H,21,22,23). The van der Waals surface area contributed by atoms with Crippen molar-refractivity contribution >= 4 is 17.5 Å². The van der Waals surface area contributed by atoms with Crippen molar-refractivity contribution in [3.8, 4) is 0 Å². The Balaban J connectivity index is 1.77. The number of para-hydroxylation sites is 1. The first-order chi connectivity index (χ1) is 12.6. The molecule has 1 aliphatic rings. The highest BCUT2D eigenvalue weighted by molar-refractivity contribution is 6.05. The predicted molar refractivity (Wildman–Crippen MR) is 96.0 cm³/mol. The Morgan fingerprint density at radius 1 is 1.15 bits per heavy atom. The van der Waals surface area contributed by atoms with Crippen LogP contribution in [0.3, 0.4) is 0 Å². The number of carbonyl (C=O) groups excluding carboxylic acids is 1. The van der Waals surface area contributed by atoms with Gasteiger partial charge in [-0.2, -0.15) is 10.1 Å². The molecule has 3 aromatic rings. The van der Waals surface area contributed by atoms with Crippen LogP contribution in [0.15, 0.2) is 72.2 Å². The van der Waals surface area contributed by atoms with Gasteiger partial charge in [0.2, 0.25) is 5.95 Å². The summed E-state index contributed by atoms with van der Waals surface area (Å²) >= 11 is 0. The highest BCUT2D eigenvalue weighted by Gasteiger charge is 2.33. The molecule has 0 radical (unpaired) electrons. The van der Waals surface area contributed by atoms with E-state index in [2.05, 4.69) is 20.7 Å². The Bertz CT molecular complexity index is 979. The Morgan fingerprint density at radius 3 is 2.62 bits per heavy atom. The van der Waals surface area contributed by atoms with E-state index in [4.69, 9.17) is 0 Å². The molecule has 1 amide bonds. The van der Waals surface area contributed by atoms with Crippen molar-refractivity contribution < 1.29 is 9.18 Å². The van der Waals surface area contributed by atoms with Crippen LogP contribution in [0.25, 0.3) is 0 Å². The molecule has 1 unspecified atom stereocenters. The number of benzene rings is 2. The monoisotopic (exact) mass is 349 g/mol. The van der Waals surface area contributed by atoms with Crippen molar-refractivity contribution in [2.24, 2.45) is 0 Å². The number of hydrogen-bond acceptors (Lipinski definition) is 4. The zero-order valence-corrected chi connectivity index (χ0v) is 14.0. The molecule has 1 atom stereocenters. The zero-order chi connectivity index (χ0) is 18.1. The first-order valence-corrected chi connectivity index (χ1v) is 8.12. The summed E-state index contributed by atoms with van der Waals surface area (Å²) in [4.78, 5) is 17.2. The van der Waals surface area contributed by atoms with Crippen molar-refractivity contribution in [3.05, 3.63) is 83.6 Å². The number of hydrogen-bond donors (Lipinski definition) is 2. The minimum Gasteiger partial charge on any atom is -0.328 e. The summed E-state index contributed by atoms with van der Waals surface area (Å²) in [6.45, 7) is 1.81. The highest BCUT2D eigenvalue weighted by Crippen LogP contribution is 2.35. The number of anilines is 2. The van der Waals surface area contributed by atoms with Gasteiger partial charge < -0.3 is 10.6 Å². The second-order valence-electron chi connectivity index (χ2n) is 5.97. The summed E-state index contributed by atoms with van der Waals surface area (Å²) in [6.07, 6.45) is 1.42. The molecule has 4 rings (SSSR count). The number of rotatable bonds is 3.